The molecule has 0 bridgehead atoms. The van der Waals surface area contributed by atoms with Gasteiger partial charge in [0.05, 0.1) is 0 Å². The summed E-state index contributed by atoms with van der Waals surface area (Å²) >= 11 is 3.56. The van der Waals surface area contributed by atoms with Crippen molar-refractivity contribution < 1.29 is 0 Å². The summed E-state index contributed by atoms with van der Waals surface area (Å²) in [7, 11) is 0. The van der Waals surface area contributed by atoms with Crippen LogP contribution in [0.1, 0.15) is 37.6 Å². The summed E-state index contributed by atoms with van der Waals surface area (Å²) in [5, 5.41) is 0. The van der Waals surface area contributed by atoms with Crippen LogP contribution in [0.5, 0.6) is 0 Å². The fourth-order valence-electron chi connectivity index (χ4n) is 2.88. The first-order valence-electron chi connectivity index (χ1n) is 6.82. The van der Waals surface area contributed by atoms with Gasteiger partial charge in [-0.1, -0.05) is 48.0 Å². The number of nitrogens with two attached hydrogens (primary N) is 1. The van der Waals surface area contributed by atoms with Gasteiger partial charge in [-0.3, -0.25) is 0 Å². The first-order valence-corrected chi connectivity index (χ1v) is 7.62. The first kappa shape index (κ1) is 13.7. The van der Waals surface area contributed by atoms with Crippen LogP contribution in [0.2, 0.25) is 0 Å². The molecule has 104 valence electrons. The van der Waals surface area contributed by atoms with E-state index in [0.29, 0.717) is 0 Å². The fourth-order valence-corrected chi connectivity index (χ4v) is 3.34. The molecule has 3 nitrogen and oxygen atoms in total. The minimum atomic E-state index is 0.0435. The zero-order valence-electron chi connectivity index (χ0n) is 11.7. The van der Waals surface area contributed by atoms with Gasteiger partial charge in [0.25, 0.3) is 0 Å². The van der Waals surface area contributed by atoms with E-state index in [2.05, 4.69) is 34.8 Å². The molecular formula is C16H18BrN3. The van der Waals surface area contributed by atoms with E-state index >= 15 is 0 Å². The second kappa shape index (κ2) is 4.93. The highest BCUT2D eigenvalue weighted by Crippen LogP contribution is 2.39. The fraction of sp³-hybridized carbons (Fsp3) is 0.375. The molecular weight excluding hydrogens is 314 g/mol. The molecule has 0 aliphatic heterocycles. The molecule has 0 fully saturated rings. The highest BCUT2D eigenvalue weighted by atomic mass is 79.9. The predicted molar refractivity (Wildman–Crippen MR) is 84.2 cm³/mol. The number of benzene rings is 1. The molecule has 0 spiro atoms. The lowest BCUT2D eigenvalue weighted by atomic mass is 9.74. The number of hydrogen-bond donors (Lipinski definition) is 1. The minimum absolute atomic E-state index is 0.0435. The Kier molecular flexibility index (Phi) is 3.38. The minimum Gasteiger partial charge on any atom is -0.324 e. The molecule has 1 aliphatic carbocycles. The van der Waals surface area contributed by atoms with Gasteiger partial charge in [-0.25, -0.2) is 9.97 Å². The van der Waals surface area contributed by atoms with Crippen LogP contribution < -0.4 is 5.73 Å². The number of nitrogens with zero attached hydrogens (tertiary/aromatic N) is 2. The van der Waals surface area contributed by atoms with Crippen molar-refractivity contribution >= 4 is 15.9 Å². The molecule has 0 radical (unpaired) electrons. The van der Waals surface area contributed by atoms with Crippen molar-refractivity contribution in [1.29, 1.82) is 0 Å². The molecule has 1 unspecified atom stereocenters. The molecule has 1 aromatic carbocycles. The molecule has 1 atom stereocenters. The number of hydrogen-bond acceptors (Lipinski definition) is 3. The largest absolute Gasteiger partial charge is 0.324 e. The van der Waals surface area contributed by atoms with Crippen molar-refractivity contribution in [3.05, 3.63) is 46.2 Å². The second-order valence-corrected chi connectivity index (χ2v) is 7.08. The molecule has 1 heterocycles. The van der Waals surface area contributed by atoms with E-state index in [-0.39, 0.29) is 11.5 Å². The van der Waals surface area contributed by atoms with Crippen molar-refractivity contribution in [2.75, 3.05) is 0 Å². The Morgan fingerprint density at radius 2 is 2.05 bits per heavy atom. The summed E-state index contributed by atoms with van der Waals surface area (Å²) in [6.45, 7) is 4.49. The zero-order chi connectivity index (χ0) is 14.3. The zero-order valence-corrected chi connectivity index (χ0v) is 13.3. The van der Waals surface area contributed by atoms with E-state index in [1.807, 2.05) is 30.5 Å². The SMILES string of the molecule is CC1(C)Cc2nc(-c3ccccc3Br)ncc2C(N)C1. The van der Waals surface area contributed by atoms with Gasteiger partial charge in [0.2, 0.25) is 0 Å². The van der Waals surface area contributed by atoms with Gasteiger partial charge in [-0.05, 0) is 24.3 Å². The Labute approximate surface area is 127 Å². The van der Waals surface area contributed by atoms with E-state index in [4.69, 9.17) is 10.7 Å². The predicted octanol–water partition coefficient (Wildman–Crippen LogP) is 3.88. The maximum Gasteiger partial charge on any atom is 0.160 e. The van der Waals surface area contributed by atoms with Crippen LogP contribution in [-0.4, -0.2) is 9.97 Å². The second-order valence-electron chi connectivity index (χ2n) is 6.23. The standard InChI is InChI=1S/C16H18BrN3/c1-16(2)7-13(18)11-9-19-15(20-14(11)8-16)10-5-3-4-6-12(10)17/h3-6,9,13H,7-8,18H2,1-2H3. The van der Waals surface area contributed by atoms with Crippen molar-refractivity contribution in [2.45, 2.75) is 32.7 Å². The van der Waals surface area contributed by atoms with Crippen molar-refractivity contribution in [2.24, 2.45) is 11.1 Å². The third-order valence-electron chi connectivity index (χ3n) is 3.83. The van der Waals surface area contributed by atoms with Crippen molar-refractivity contribution in [3.8, 4) is 11.4 Å². The van der Waals surface area contributed by atoms with Gasteiger partial charge in [0.1, 0.15) is 0 Å². The summed E-state index contributed by atoms with van der Waals surface area (Å²) in [6.07, 6.45) is 3.84. The molecule has 0 saturated carbocycles. The monoisotopic (exact) mass is 331 g/mol. The smallest absolute Gasteiger partial charge is 0.160 e. The van der Waals surface area contributed by atoms with Crippen LogP contribution in [0.3, 0.4) is 0 Å². The van der Waals surface area contributed by atoms with Crippen molar-refractivity contribution in [1.82, 2.24) is 9.97 Å². The topological polar surface area (TPSA) is 51.8 Å². The van der Waals surface area contributed by atoms with Gasteiger partial charge >= 0.3 is 0 Å². The highest BCUT2D eigenvalue weighted by Gasteiger charge is 2.31. The lowest BCUT2D eigenvalue weighted by Gasteiger charge is -2.34. The molecule has 4 heteroatoms. The van der Waals surface area contributed by atoms with Gasteiger partial charge in [0.15, 0.2) is 5.82 Å². The van der Waals surface area contributed by atoms with Crippen molar-refractivity contribution in [3.63, 3.8) is 0 Å². The average Bonchev–Trinajstić information content (AvgIpc) is 2.37. The molecule has 2 aromatic rings. The van der Waals surface area contributed by atoms with E-state index in [1.54, 1.807) is 0 Å². The summed E-state index contributed by atoms with van der Waals surface area (Å²) in [5.41, 5.74) is 9.66. The van der Waals surface area contributed by atoms with Crippen LogP contribution in [0.25, 0.3) is 11.4 Å². The number of rotatable bonds is 1. The van der Waals surface area contributed by atoms with E-state index < -0.39 is 0 Å². The van der Waals surface area contributed by atoms with Crippen LogP contribution >= 0.6 is 15.9 Å². The summed E-state index contributed by atoms with van der Waals surface area (Å²) in [4.78, 5) is 9.27. The number of halogens is 1. The van der Waals surface area contributed by atoms with Crippen LogP contribution in [0, 0.1) is 5.41 Å². The third kappa shape index (κ3) is 2.50. The summed E-state index contributed by atoms with van der Waals surface area (Å²) in [5.74, 6) is 0.765. The highest BCUT2D eigenvalue weighted by molar-refractivity contribution is 9.10. The normalized spacial score (nSPS) is 20.5. The molecule has 1 aliphatic rings. The maximum absolute atomic E-state index is 6.25. The molecule has 1 aromatic heterocycles. The quantitative estimate of drug-likeness (QED) is 0.862. The molecule has 2 N–H and O–H groups in total. The van der Waals surface area contributed by atoms with Gasteiger partial charge < -0.3 is 5.73 Å². The molecule has 0 amide bonds. The Balaban J connectivity index is 2.08. The van der Waals surface area contributed by atoms with Gasteiger partial charge in [-0.2, -0.15) is 0 Å². The molecule has 0 saturated heterocycles. The Bertz CT molecular complexity index is 652. The lowest BCUT2D eigenvalue weighted by molar-refractivity contribution is 0.278. The third-order valence-corrected chi connectivity index (χ3v) is 4.52. The Morgan fingerprint density at radius 1 is 1.30 bits per heavy atom. The van der Waals surface area contributed by atoms with E-state index in [1.165, 1.54) is 0 Å². The van der Waals surface area contributed by atoms with Gasteiger partial charge in [-0.15, -0.1) is 0 Å². The van der Waals surface area contributed by atoms with E-state index in [0.717, 1.165) is 40.0 Å². The molecule has 3 rings (SSSR count). The summed E-state index contributed by atoms with van der Waals surface area (Å²) in [6, 6.07) is 8.07. The maximum atomic E-state index is 6.25. The lowest BCUT2D eigenvalue weighted by Crippen LogP contribution is -2.30. The number of fused-ring (bicyclic) bond motifs is 1. The van der Waals surface area contributed by atoms with E-state index in [9.17, 15) is 0 Å². The van der Waals surface area contributed by atoms with Gasteiger partial charge in [0, 0.05) is 33.5 Å². The first-order chi connectivity index (χ1) is 9.46. The van der Waals surface area contributed by atoms with Crippen LogP contribution in [-0.2, 0) is 6.42 Å². The average molecular weight is 332 g/mol. The van der Waals surface area contributed by atoms with Crippen LogP contribution in [0.15, 0.2) is 34.9 Å². The van der Waals surface area contributed by atoms with Crippen LogP contribution in [0.4, 0.5) is 0 Å². The number of aromatic nitrogens is 2. The Hall–Kier alpha value is -1.26. The summed E-state index contributed by atoms with van der Waals surface area (Å²) < 4.78 is 1.01. The Morgan fingerprint density at radius 3 is 2.80 bits per heavy atom. The molecule has 20 heavy (non-hydrogen) atoms.